The van der Waals surface area contributed by atoms with Crippen LogP contribution in [0.2, 0.25) is 5.02 Å². The third-order valence-electron chi connectivity index (χ3n) is 4.29. The van der Waals surface area contributed by atoms with Crippen LogP contribution in [0.15, 0.2) is 54.7 Å². The Hall–Kier alpha value is -2.92. The highest BCUT2D eigenvalue weighted by atomic mass is 35.5. The number of carbonyl (C=O) groups excluding carboxylic acids is 1. The molecule has 1 unspecified atom stereocenters. The van der Waals surface area contributed by atoms with E-state index in [1.54, 1.807) is 32.4 Å². The van der Waals surface area contributed by atoms with Gasteiger partial charge in [0.2, 0.25) is 0 Å². The lowest BCUT2D eigenvalue weighted by atomic mass is 10.1. The van der Waals surface area contributed by atoms with E-state index in [1.165, 1.54) is 0 Å². The number of aryl methyl sites for hydroxylation is 1. The van der Waals surface area contributed by atoms with E-state index < -0.39 is 0 Å². The number of methoxy groups -OCH3 is 1. The Morgan fingerprint density at radius 3 is 2.37 bits per heavy atom. The first-order chi connectivity index (χ1) is 13.0. The van der Waals surface area contributed by atoms with Crippen molar-refractivity contribution in [3.63, 3.8) is 0 Å². The van der Waals surface area contributed by atoms with Gasteiger partial charge in [0.25, 0.3) is 5.91 Å². The van der Waals surface area contributed by atoms with Gasteiger partial charge in [0.15, 0.2) is 5.82 Å². The molecule has 2 aromatic carbocycles. The predicted molar refractivity (Wildman–Crippen MR) is 106 cm³/mol. The van der Waals surface area contributed by atoms with Crippen LogP contribution in [0.3, 0.4) is 0 Å². The molecule has 0 aliphatic carbocycles. The van der Waals surface area contributed by atoms with E-state index in [1.807, 2.05) is 43.3 Å². The third-order valence-corrected chi connectivity index (χ3v) is 4.54. The Morgan fingerprint density at radius 1 is 1.11 bits per heavy atom. The van der Waals surface area contributed by atoms with Gasteiger partial charge in [-0.25, -0.2) is 9.97 Å². The highest BCUT2D eigenvalue weighted by Gasteiger charge is 2.16. The first-order valence-corrected chi connectivity index (χ1v) is 8.90. The Bertz CT molecular complexity index is 941. The van der Waals surface area contributed by atoms with Gasteiger partial charge in [-0.05, 0) is 55.8 Å². The van der Waals surface area contributed by atoms with Crippen LogP contribution in [0, 0.1) is 6.92 Å². The van der Waals surface area contributed by atoms with E-state index in [9.17, 15) is 4.79 Å². The fraction of sp³-hybridized carbons (Fsp3) is 0.190. The minimum Gasteiger partial charge on any atom is -0.497 e. The van der Waals surface area contributed by atoms with E-state index in [4.69, 9.17) is 16.3 Å². The second-order valence-electron chi connectivity index (χ2n) is 6.17. The van der Waals surface area contributed by atoms with Crippen LogP contribution in [0.4, 0.5) is 0 Å². The highest BCUT2D eigenvalue weighted by Crippen LogP contribution is 2.21. The summed E-state index contributed by atoms with van der Waals surface area (Å²) in [6.45, 7) is 3.72. The van der Waals surface area contributed by atoms with E-state index in [2.05, 4.69) is 15.3 Å². The van der Waals surface area contributed by atoms with Crippen LogP contribution < -0.4 is 10.1 Å². The van der Waals surface area contributed by atoms with E-state index in [0.29, 0.717) is 22.1 Å². The van der Waals surface area contributed by atoms with Crippen LogP contribution in [0.5, 0.6) is 5.75 Å². The zero-order chi connectivity index (χ0) is 19.4. The second kappa shape index (κ2) is 8.18. The van der Waals surface area contributed by atoms with Gasteiger partial charge in [-0.15, -0.1) is 0 Å². The molecule has 1 amide bonds. The zero-order valence-electron chi connectivity index (χ0n) is 15.4. The molecule has 27 heavy (non-hydrogen) atoms. The van der Waals surface area contributed by atoms with E-state index in [0.717, 1.165) is 16.9 Å². The topological polar surface area (TPSA) is 64.1 Å². The molecule has 1 aromatic heterocycles. The number of hydrogen-bond donors (Lipinski definition) is 1. The molecule has 6 heteroatoms. The average molecular weight is 382 g/mol. The number of rotatable bonds is 5. The molecule has 0 radical (unpaired) electrons. The molecule has 1 heterocycles. The number of halogens is 1. The summed E-state index contributed by atoms with van der Waals surface area (Å²) in [7, 11) is 1.62. The maximum atomic E-state index is 12.6. The van der Waals surface area contributed by atoms with Gasteiger partial charge >= 0.3 is 0 Å². The number of nitrogens with one attached hydrogen (secondary N) is 1. The Morgan fingerprint density at radius 2 is 1.78 bits per heavy atom. The lowest BCUT2D eigenvalue weighted by molar-refractivity contribution is 0.0938. The number of ether oxygens (including phenoxy) is 1. The van der Waals surface area contributed by atoms with Gasteiger partial charge < -0.3 is 10.1 Å². The fourth-order valence-electron chi connectivity index (χ4n) is 2.68. The summed E-state index contributed by atoms with van der Waals surface area (Å²) in [5.74, 6) is 1.12. The quantitative estimate of drug-likeness (QED) is 0.701. The molecule has 0 aliphatic rings. The van der Waals surface area contributed by atoms with Crippen LogP contribution in [-0.4, -0.2) is 23.0 Å². The smallest absolute Gasteiger partial charge is 0.255 e. The SMILES string of the molecule is COc1ccc(-c2ncc(C(=O)NC(C)c3ccc(Cl)cc3)c(C)n2)cc1. The predicted octanol–water partition coefficient (Wildman–Crippen LogP) is 4.61. The first-order valence-electron chi connectivity index (χ1n) is 8.52. The van der Waals surface area contributed by atoms with Crippen molar-refractivity contribution in [2.24, 2.45) is 0 Å². The minimum absolute atomic E-state index is 0.157. The van der Waals surface area contributed by atoms with Crippen LogP contribution in [-0.2, 0) is 0 Å². The summed E-state index contributed by atoms with van der Waals surface area (Å²) in [5, 5.41) is 3.63. The van der Waals surface area contributed by atoms with Crippen molar-refractivity contribution in [2.75, 3.05) is 7.11 Å². The summed E-state index contributed by atoms with van der Waals surface area (Å²) in [6.07, 6.45) is 1.56. The number of amides is 1. The maximum Gasteiger partial charge on any atom is 0.255 e. The van der Waals surface area contributed by atoms with Crippen LogP contribution in [0.25, 0.3) is 11.4 Å². The summed E-state index contributed by atoms with van der Waals surface area (Å²) in [4.78, 5) is 21.4. The van der Waals surface area contributed by atoms with Crippen LogP contribution in [0.1, 0.15) is 34.6 Å². The van der Waals surface area contributed by atoms with Crippen LogP contribution >= 0.6 is 11.6 Å². The van der Waals surface area contributed by atoms with E-state index in [-0.39, 0.29) is 11.9 Å². The molecule has 0 spiro atoms. The van der Waals surface area contributed by atoms with Crippen molar-refractivity contribution in [3.8, 4) is 17.1 Å². The van der Waals surface area contributed by atoms with Crippen molar-refractivity contribution in [1.29, 1.82) is 0 Å². The van der Waals surface area contributed by atoms with Crippen molar-refractivity contribution in [3.05, 3.63) is 76.6 Å². The summed E-state index contributed by atoms with van der Waals surface area (Å²) in [5.41, 5.74) is 2.91. The monoisotopic (exact) mass is 381 g/mol. The number of nitrogens with zero attached hydrogens (tertiary/aromatic N) is 2. The van der Waals surface area contributed by atoms with Gasteiger partial charge in [0.05, 0.1) is 24.4 Å². The van der Waals surface area contributed by atoms with Gasteiger partial charge in [0.1, 0.15) is 5.75 Å². The molecule has 0 saturated carbocycles. The standard InChI is InChI=1S/C21H20ClN3O2/c1-13(15-4-8-17(22)9-5-15)25-21(26)19-12-23-20(24-14(19)2)16-6-10-18(27-3)11-7-16/h4-13H,1-3H3,(H,25,26). The summed E-state index contributed by atoms with van der Waals surface area (Å²) in [6, 6.07) is 14.7. The molecule has 0 saturated heterocycles. The first kappa shape index (κ1) is 18.9. The van der Waals surface area contributed by atoms with Crippen molar-refractivity contribution in [1.82, 2.24) is 15.3 Å². The Balaban J connectivity index is 1.76. The largest absolute Gasteiger partial charge is 0.497 e. The van der Waals surface area contributed by atoms with Gasteiger partial charge in [-0.1, -0.05) is 23.7 Å². The fourth-order valence-corrected chi connectivity index (χ4v) is 2.80. The minimum atomic E-state index is -0.212. The number of benzene rings is 2. The lowest BCUT2D eigenvalue weighted by Crippen LogP contribution is -2.27. The van der Waals surface area contributed by atoms with Crippen molar-refractivity contribution in [2.45, 2.75) is 19.9 Å². The molecular weight excluding hydrogens is 362 g/mol. The molecule has 3 rings (SSSR count). The average Bonchev–Trinajstić information content (AvgIpc) is 2.68. The molecule has 1 N–H and O–H groups in total. The normalized spacial score (nSPS) is 11.7. The van der Waals surface area contributed by atoms with E-state index >= 15 is 0 Å². The Kier molecular flexibility index (Phi) is 5.72. The molecule has 1 atom stereocenters. The van der Waals surface area contributed by atoms with Gasteiger partial charge in [-0.3, -0.25) is 4.79 Å². The summed E-state index contributed by atoms with van der Waals surface area (Å²) < 4.78 is 5.16. The number of aromatic nitrogens is 2. The highest BCUT2D eigenvalue weighted by molar-refractivity contribution is 6.30. The molecule has 0 bridgehead atoms. The molecule has 0 fully saturated rings. The molecule has 0 aliphatic heterocycles. The number of carbonyl (C=O) groups is 1. The molecule has 3 aromatic rings. The molecular formula is C21H20ClN3O2. The number of hydrogen-bond acceptors (Lipinski definition) is 4. The third kappa shape index (κ3) is 4.44. The van der Waals surface area contributed by atoms with Crippen molar-refractivity contribution >= 4 is 17.5 Å². The van der Waals surface area contributed by atoms with Gasteiger partial charge in [-0.2, -0.15) is 0 Å². The zero-order valence-corrected chi connectivity index (χ0v) is 16.1. The van der Waals surface area contributed by atoms with Gasteiger partial charge in [0, 0.05) is 16.8 Å². The Labute approximate surface area is 163 Å². The second-order valence-corrected chi connectivity index (χ2v) is 6.60. The molecule has 5 nitrogen and oxygen atoms in total. The summed E-state index contributed by atoms with van der Waals surface area (Å²) >= 11 is 5.91. The molecule has 138 valence electrons. The lowest BCUT2D eigenvalue weighted by Gasteiger charge is -2.15. The maximum absolute atomic E-state index is 12.6. The van der Waals surface area contributed by atoms with Crippen molar-refractivity contribution < 1.29 is 9.53 Å².